The zero-order valence-corrected chi connectivity index (χ0v) is 10.4. The molecule has 2 aliphatic heterocycles. The quantitative estimate of drug-likeness (QED) is 0.623. The Morgan fingerprint density at radius 3 is 1.80 bits per heavy atom. The average Bonchev–Trinajstić information content (AvgIpc) is 2.18. The van der Waals surface area contributed by atoms with Crippen molar-refractivity contribution in [1.29, 1.82) is 0 Å². The van der Waals surface area contributed by atoms with Gasteiger partial charge in [-0.2, -0.15) is 0 Å². The summed E-state index contributed by atoms with van der Waals surface area (Å²) in [7, 11) is 0. The van der Waals surface area contributed by atoms with E-state index in [0.717, 1.165) is 0 Å². The van der Waals surface area contributed by atoms with E-state index in [1.165, 1.54) is 0 Å². The fraction of sp³-hybridized carbons (Fsp3) is 0.846. The molecule has 2 heteroatoms. The summed E-state index contributed by atoms with van der Waals surface area (Å²) in [6.45, 7) is 10.4. The Balaban J connectivity index is 2.36. The molecule has 2 aliphatic rings. The molecule has 2 heterocycles. The molecule has 0 aliphatic carbocycles. The summed E-state index contributed by atoms with van der Waals surface area (Å²) in [5, 5.41) is 10.8. The fourth-order valence-corrected chi connectivity index (χ4v) is 2.90. The molecule has 0 aromatic rings. The van der Waals surface area contributed by atoms with Gasteiger partial charge in [0.2, 0.25) is 0 Å². The van der Waals surface area contributed by atoms with Gasteiger partial charge in [-0.25, -0.2) is 0 Å². The molecule has 2 bridgehead atoms. The molecule has 0 aromatic heterocycles. The third-order valence-corrected chi connectivity index (χ3v) is 3.94. The summed E-state index contributed by atoms with van der Waals surface area (Å²) >= 11 is 0. The second-order valence-electron chi connectivity index (χ2n) is 6.70. The first-order valence-electron chi connectivity index (χ1n) is 5.71. The van der Waals surface area contributed by atoms with Crippen molar-refractivity contribution in [2.75, 3.05) is 0 Å². The van der Waals surface area contributed by atoms with Gasteiger partial charge >= 0.3 is 0 Å². The first-order chi connectivity index (χ1) is 6.58. The Hall–Kier alpha value is -0.340. The average molecular weight is 210 g/mol. The Morgan fingerprint density at radius 1 is 1.07 bits per heavy atom. The van der Waals surface area contributed by atoms with Crippen LogP contribution in [0.4, 0.5) is 0 Å². The van der Waals surface area contributed by atoms with E-state index in [-0.39, 0.29) is 16.6 Å². The van der Waals surface area contributed by atoms with Gasteiger partial charge in [0.15, 0.2) is 0 Å². The zero-order valence-electron chi connectivity index (χ0n) is 10.4. The van der Waals surface area contributed by atoms with Gasteiger partial charge in [-0.05, 0) is 19.3 Å². The molecule has 2 rings (SSSR count). The molecule has 0 saturated carbocycles. The maximum absolute atomic E-state index is 10.8. The van der Waals surface area contributed by atoms with E-state index in [0.29, 0.717) is 12.8 Å². The molecule has 86 valence electrons. The van der Waals surface area contributed by atoms with Crippen molar-refractivity contribution in [3.8, 4) is 0 Å². The van der Waals surface area contributed by atoms with Crippen LogP contribution < -0.4 is 0 Å². The van der Waals surface area contributed by atoms with Gasteiger partial charge in [-0.15, -0.1) is 0 Å². The van der Waals surface area contributed by atoms with Crippen LogP contribution in [-0.4, -0.2) is 21.9 Å². The van der Waals surface area contributed by atoms with Gasteiger partial charge in [-0.1, -0.05) is 32.9 Å². The third-order valence-electron chi connectivity index (χ3n) is 3.94. The van der Waals surface area contributed by atoms with Crippen molar-refractivity contribution >= 4 is 0 Å². The molecule has 1 N–H and O–H groups in total. The van der Waals surface area contributed by atoms with Crippen molar-refractivity contribution in [3.05, 3.63) is 12.2 Å². The second-order valence-corrected chi connectivity index (χ2v) is 6.70. The predicted octanol–water partition coefficient (Wildman–Crippen LogP) is 2.66. The molecule has 1 fully saturated rings. The molecule has 1 saturated heterocycles. The summed E-state index contributed by atoms with van der Waals surface area (Å²) in [5.41, 5.74) is -1.31. The third kappa shape index (κ3) is 1.64. The fourth-order valence-electron chi connectivity index (χ4n) is 2.90. The van der Waals surface area contributed by atoms with Gasteiger partial charge in [-0.3, -0.25) is 0 Å². The second kappa shape index (κ2) is 2.67. The number of hydrogen-bond acceptors (Lipinski definition) is 2. The van der Waals surface area contributed by atoms with Crippen LogP contribution in [0.25, 0.3) is 0 Å². The first kappa shape index (κ1) is 11.2. The minimum absolute atomic E-state index is 0.106. The lowest BCUT2D eigenvalue weighted by Crippen LogP contribution is -2.57. The molecule has 0 radical (unpaired) electrons. The molecule has 0 amide bonds. The van der Waals surface area contributed by atoms with Crippen LogP contribution in [0.5, 0.6) is 0 Å². The molecule has 0 spiro atoms. The van der Waals surface area contributed by atoms with Crippen LogP contribution in [0.1, 0.15) is 47.5 Å². The summed E-state index contributed by atoms with van der Waals surface area (Å²) < 4.78 is 5.99. The number of ether oxygens (including phenoxy) is 1. The van der Waals surface area contributed by atoms with Crippen LogP contribution in [-0.2, 0) is 4.74 Å². The summed E-state index contributed by atoms with van der Waals surface area (Å²) in [6.07, 6.45) is 5.60. The summed E-state index contributed by atoms with van der Waals surface area (Å²) in [5.74, 6) is 0. The van der Waals surface area contributed by atoms with Crippen molar-refractivity contribution in [3.63, 3.8) is 0 Å². The van der Waals surface area contributed by atoms with E-state index in [1.54, 1.807) is 0 Å². The molecule has 0 aromatic carbocycles. The highest BCUT2D eigenvalue weighted by molar-refractivity contribution is 5.23. The normalized spacial score (nSPS) is 49.7. The highest BCUT2D eigenvalue weighted by Gasteiger charge is 2.56. The Labute approximate surface area is 92.3 Å². The highest BCUT2D eigenvalue weighted by Crippen LogP contribution is 2.52. The molecule has 2 nitrogen and oxygen atoms in total. The first-order valence-corrected chi connectivity index (χ1v) is 5.71. The molecule has 0 unspecified atom stereocenters. The van der Waals surface area contributed by atoms with E-state index >= 15 is 0 Å². The minimum atomic E-state index is -0.641. The number of hydrogen-bond donors (Lipinski definition) is 1. The maximum Gasteiger partial charge on any atom is 0.0874 e. The monoisotopic (exact) mass is 210 g/mol. The van der Waals surface area contributed by atoms with Crippen LogP contribution in [0.2, 0.25) is 0 Å². The van der Waals surface area contributed by atoms with Crippen LogP contribution in [0, 0.1) is 5.41 Å². The maximum atomic E-state index is 10.8. The standard InChI is InChI=1S/C13H22O2/c1-10(2,3)13(14)8-11(4)6-7-12(5,9-13)15-11/h6-7,14H,8-9H2,1-5H3/t11-,12+,13+. The van der Waals surface area contributed by atoms with Gasteiger partial charge < -0.3 is 9.84 Å². The van der Waals surface area contributed by atoms with Crippen molar-refractivity contribution < 1.29 is 9.84 Å². The van der Waals surface area contributed by atoms with Crippen LogP contribution >= 0.6 is 0 Å². The molecule has 3 atom stereocenters. The predicted molar refractivity (Wildman–Crippen MR) is 60.7 cm³/mol. The van der Waals surface area contributed by atoms with Gasteiger partial charge in [0.05, 0.1) is 16.8 Å². The van der Waals surface area contributed by atoms with Crippen LogP contribution in [0.15, 0.2) is 12.2 Å². The largest absolute Gasteiger partial charge is 0.389 e. The van der Waals surface area contributed by atoms with Gasteiger partial charge in [0.25, 0.3) is 0 Å². The van der Waals surface area contributed by atoms with E-state index in [2.05, 4.69) is 46.8 Å². The Bertz CT molecular complexity index is 293. The van der Waals surface area contributed by atoms with E-state index in [1.807, 2.05) is 0 Å². The number of rotatable bonds is 0. The van der Waals surface area contributed by atoms with Crippen LogP contribution in [0.3, 0.4) is 0 Å². The minimum Gasteiger partial charge on any atom is -0.389 e. The highest BCUT2D eigenvalue weighted by atomic mass is 16.5. The SMILES string of the molecule is CC(C)(C)[C@@]1(O)C[C@]2(C)C=C[C@](C)(C1)O2. The topological polar surface area (TPSA) is 29.5 Å². The lowest BCUT2D eigenvalue weighted by Gasteiger charge is -2.52. The summed E-state index contributed by atoms with van der Waals surface area (Å²) in [6, 6.07) is 0. The van der Waals surface area contributed by atoms with Crippen molar-refractivity contribution in [2.45, 2.75) is 64.3 Å². The smallest absolute Gasteiger partial charge is 0.0874 e. The van der Waals surface area contributed by atoms with E-state index in [4.69, 9.17) is 4.74 Å². The molecular formula is C13H22O2. The number of fused-ring (bicyclic) bond motifs is 2. The molecule has 15 heavy (non-hydrogen) atoms. The number of aliphatic hydroxyl groups is 1. The Morgan fingerprint density at radius 2 is 1.47 bits per heavy atom. The molecular weight excluding hydrogens is 188 g/mol. The zero-order chi connectivity index (χ0) is 11.5. The van der Waals surface area contributed by atoms with E-state index < -0.39 is 5.60 Å². The lowest BCUT2D eigenvalue weighted by molar-refractivity contribution is -0.214. The van der Waals surface area contributed by atoms with Crippen molar-refractivity contribution in [2.24, 2.45) is 5.41 Å². The van der Waals surface area contributed by atoms with Gasteiger partial charge in [0, 0.05) is 12.8 Å². The van der Waals surface area contributed by atoms with Gasteiger partial charge in [0.1, 0.15) is 0 Å². The van der Waals surface area contributed by atoms with E-state index in [9.17, 15) is 5.11 Å². The summed E-state index contributed by atoms with van der Waals surface area (Å²) in [4.78, 5) is 0. The Kier molecular flexibility index (Phi) is 1.98. The van der Waals surface area contributed by atoms with Crippen molar-refractivity contribution in [1.82, 2.24) is 0 Å². The lowest BCUT2D eigenvalue weighted by atomic mass is 9.66.